The van der Waals surface area contributed by atoms with E-state index in [-0.39, 0.29) is 0 Å². The summed E-state index contributed by atoms with van der Waals surface area (Å²) in [5.41, 5.74) is 0. The highest BCUT2D eigenvalue weighted by Crippen LogP contribution is 2.54. The summed E-state index contributed by atoms with van der Waals surface area (Å²) in [6.07, 6.45) is 2.63. The summed E-state index contributed by atoms with van der Waals surface area (Å²) in [6, 6.07) is 13.5. The summed E-state index contributed by atoms with van der Waals surface area (Å²) in [5.74, 6) is 2.48. The van der Waals surface area contributed by atoms with Crippen molar-refractivity contribution in [2.24, 2.45) is 0 Å². The van der Waals surface area contributed by atoms with Crippen molar-refractivity contribution < 1.29 is 0 Å². The monoisotopic (exact) mass is 334 g/mol. The minimum atomic E-state index is 1.24. The van der Waals surface area contributed by atoms with Crippen molar-refractivity contribution in [2.75, 3.05) is 11.5 Å². The summed E-state index contributed by atoms with van der Waals surface area (Å²) in [5, 5.41) is 0. The van der Waals surface area contributed by atoms with Crippen LogP contribution in [0.25, 0.3) is 0 Å². The lowest BCUT2D eigenvalue weighted by atomic mass is 10.3. The molecular weight excluding hydrogens is 320 g/mol. The molecule has 4 heteroatoms. The topological polar surface area (TPSA) is 0 Å². The van der Waals surface area contributed by atoms with Crippen LogP contribution in [0.15, 0.2) is 65.8 Å². The van der Waals surface area contributed by atoms with Crippen molar-refractivity contribution in [3.05, 3.63) is 36.4 Å². The molecule has 2 bridgehead atoms. The average molecular weight is 335 g/mol. The van der Waals surface area contributed by atoms with E-state index in [2.05, 4.69) is 36.4 Å². The Morgan fingerprint density at radius 3 is 1.65 bits per heavy atom. The fourth-order valence-electron chi connectivity index (χ4n) is 2.37. The fraction of sp³-hybridized carbons (Fsp3) is 0.250. The molecule has 4 rings (SSSR count). The van der Waals surface area contributed by atoms with E-state index in [0.717, 1.165) is 0 Å². The van der Waals surface area contributed by atoms with Gasteiger partial charge in [0.2, 0.25) is 0 Å². The first-order valence-corrected chi connectivity index (χ1v) is 10.4. The van der Waals surface area contributed by atoms with Gasteiger partial charge in [-0.15, -0.1) is 23.5 Å². The third kappa shape index (κ3) is 2.52. The molecule has 0 aromatic heterocycles. The Morgan fingerprint density at radius 2 is 1.10 bits per heavy atom. The van der Waals surface area contributed by atoms with Crippen LogP contribution < -0.4 is 0 Å². The molecule has 0 atom stereocenters. The molecule has 0 radical (unpaired) electrons. The van der Waals surface area contributed by atoms with Crippen LogP contribution in [0.4, 0.5) is 0 Å². The molecule has 0 N–H and O–H groups in total. The van der Waals surface area contributed by atoms with E-state index in [1.165, 1.54) is 53.7 Å². The first-order chi connectivity index (χ1) is 9.92. The van der Waals surface area contributed by atoms with Gasteiger partial charge in [0.25, 0.3) is 0 Å². The Hall–Kier alpha value is -0.160. The SMILES string of the molecule is c1cc2c3c(c1)Sc1cccc(c1S3)SCCCCS2. The van der Waals surface area contributed by atoms with Crippen molar-refractivity contribution in [3.63, 3.8) is 0 Å². The van der Waals surface area contributed by atoms with Gasteiger partial charge in [0.1, 0.15) is 0 Å². The van der Waals surface area contributed by atoms with Crippen LogP contribution in [0.2, 0.25) is 0 Å². The average Bonchev–Trinajstić information content (AvgIpc) is 2.52. The Labute approximate surface area is 136 Å². The first-order valence-electron chi connectivity index (χ1n) is 6.79. The molecule has 0 aliphatic carbocycles. The van der Waals surface area contributed by atoms with Gasteiger partial charge >= 0.3 is 0 Å². The second kappa shape index (κ2) is 5.91. The maximum absolute atomic E-state index is 2.29. The largest absolute Gasteiger partial charge is 0.125 e. The Bertz CT molecular complexity index is 595. The van der Waals surface area contributed by atoms with E-state index in [9.17, 15) is 0 Å². The fourth-order valence-corrected chi connectivity index (χ4v) is 7.38. The lowest BCUT2D eigenvalue weighted by Gasteiger charge is -2.22. The number of hydrogen-bond donors (Lipinski definition) is 0. The minimum absolute atomic E-state index is 1.24. The molecule has 0 saturated carbocycles. The molecule has 2 aromatic carbocycles. The van der Waals surface area contributed by atoms with Gasteiger partial charge in [-0.2, -0.15) is 0 Å². The maximum atomic E-state index is 2.29. The zero-order valence-electron chi connectivity index (χ0n) is 10.9. The Balaban J connectivity index is 1.86. The molecule has 0 fully saturated rings. The van der Waals surface area contributed by atoms with Crippen LogP contribution >= 0.6 is 47.0 Å². The summed E-state index contributed by atoms with van der Waals surface area (Å²) in [4.78, 5) is 8.73. The summed E-state index contributed by atoms with van der Waals surface area (Å²) in [7, 11) is 0. The van der Waals surface area contributed by atoms with Gasteiger partial charge < -0.3 is 0 Å². The summed E-state index contributed by atoms with van der Waals surface area (Å²) < 4.78 is 0. The van der Waals surface area contributed by atoms with Crippen molar-refractivity contribution in [2.45, 2.75) is 42.2 Å². The zero-order valence-corrected chi connectivity index (χ0v) is 14.2. The third-order valence-corrected chi connectivity index (χ3v) is 8.58. The molecule has 2 aliphatic heterocycles. The summed E-state index contributed by atoms with van der Waals surface area (Å²) in [6.45, 7) is 0. The van der Waals surface area contributed by atoms with E-state index in [4.69, 9.17) is 0 Å². The summed E-state index contributed by atoms with van der Waals surface area (Å²) >= 11 is 7.98. The second-order valence-electron chi connectivity index (χ2n) is 4.77. The van der Waals surface area contributed by atoms with E-state index in [1.807, 2.05) is 47.0 Å². The maximum Gasteiger partial charge on any atom is 0.0398 e. The van der Waals surface area contributed by atoms with Crippen molar-refractivity contribution in [1.82, 2.24) is 0 Å². The molecule has 0 amide bonds. The number of hydrogen-bond acceptors (Lipinski definition) is 4. The van der Waals surface area contributed by atoms with Gasteiger partial charge in [0, 0.05) is 29.4 Å². The molecule has 0 unspecified atom stereocenters. The van der Waals surface area contributed by atoms with Gasteiger partial charge in [0.05, 0.1) is 0 Å². The van der Waals surface area contributed by atoms with Crippen LogP contribution in [-0.2, 0) is 0 Å². The van der Waals surface area contributed by atoms with Gasteiger partial charge in [-0.1, -0.05) is 35.7 Å². The molecule has 0 saturated heterocycles. The normalized spacial score (nSPS) is 17.4. The number of rotatable bonds is 0. The highest BCUT2D eigenvalue weighted by molar-refractivity contribution is 8.07. The van der Waals surface area contributed by atoms with Crippen LogP contribution in [0.1, 0.15) is 12.8 Å². The standard InChI is InChI=1S/C16H14S4/c1-2-10-18-12-6-4-8-14-16(12)20-15-11(17-9-1)5-3-7-13(15)19-14/h3-8H,1-2,9-10H2. The molecule has 0 spiro atoms. The third-order valence-electron chi connectivity index (χ3n) is 3.36. The molecule has 2 aliphatic rings. The lowest BCUT2D eigenvalue weighted by Crippen LogP contribution is -1.93. The van der Waals surface area contributed by atoms with E-state index >= 15 is 0 Å². The molecule has 20 heavy (non-hydrogen) atoms. The van der Waals surface area contributed by atoms with Crippen LogP contribution in [0, 0.1) is 0 Å². The first kappa shape index (κ1) is 13.5. The zero-order chi connectivity index (χ0) is 13.4. The highest BCUT2D eigenvalue weighted by atomic mass is 32.2. The molecular formula is C16H14S4. The lowest BCUT2D eigenvalue weighted by molar-refractivity contribution is 0.905. The molecule has 0 nitrogen and oxygen atoms in total. The quantitative estimate of drug-likeness (QED) is 0.474. The Kier molecular flexibility index (Phi) is 3.99. The molecule has 2 aromatic rings. The van der Waals surface area contributed by atoms with Gasteiger partial charge in [0.15, 0.2) is 0 Å². The Morgan fingerprint density at radius 1 is 0.600 bits per heavy atom. The van der Waals surface area contributed by atoms with Crippen LogP contribution in [-0.4, -0.2) is 11.5 Å². The van der Waals surface area contributed by atoms with Crippen molar-refractivity contribution >= 4 is 47.0 Å². The predicted octanol–water partition coefficient (Wildman–Crippen LogP) is 6.28. The van der Waals surface area contributed by atoms with Crippen LogP contribution in [0.3, 0.4) is 0 Å². The minimum Gasteiger partial charge on any atom is -0.125 e. The van der Waals surface area contributed by atoms with Crippen LogP contribution in [0.5, 0.6) is 0 Å². The predicted molar refractivity (Wildman–Crippen MR) is 91.8 cm³/mol. The van der Waals surface area contributed by atoms with Crippen molar-refractivity contribution in [3.8, 4) is 0 Å². The molecule has 102 valence electrons. The van der Waals surface area contributed by atoms with E-state index in [1.54, 1.807) is 0 Å². The van der Waals surface area contributed by atoms with Gasteiger partial charge in [-0.25, -0.2) is 0 Å². The van der Waals surface area contributed by atoms with E-state index < -0.39 is 0 Å². The van der Waals surface area contributed by atoms with E-state index in [0.29, 0.717) is 0 Å². The second-order valence-corrected chi connectivity index (χ2v) is 9.15. The molecule has 2 heterocycles. The highest BCUT2D eigenvalue weighted by Gasteiger charge is 2.22. The number of benzene rings is 2. The van der Waals surface area contributed by atoms with Crippen molar-refractivity contribution in [1.29, 1.82) is 0 Å². The van der Waals surface area contributed by atoms with Gasteiger partial charge in [-0.05, 0) is 48.6 Å². The number of thioether (sulfide) groups is 2. The smallest absolute Gasteiger partial charge is 0.0398 e. The van der Waals surface area contributed by atoms with Gasteiger partial charge in [-0.3, -0.25) is 0 Å².